The Hall–Kier alpha value is -1.88. The molecule has 1 amide bonds. The third-order valence-corrected chi connectivity index (χ3v) is 4.04. The third kappa shape index (κ3) is 2.21. The molecule has 5 heteroatoms. The Kier molecular flexibility index (Phi) is 2.98. The van der Waals surface area contributed by atoms with Crippen LogP contribution in [-0.4, -0.2) is 17.5 Å². The second-order valence-electron chi connectivity index (χ2n) is 4.49. The fraction of sp³-hybridized carbons (Fsp3) is 0.286. The average Bonchev–Trinajstić information content (AvgIpc) is 2.86. The van der Waals surface area contributed by atoms with Gasteiger partial charge >= 0.3 is 0 Å². The Balaban J connectivity index is 2.06. The fourth-order valence-electron chi connectivity index (χ4n) is 2.14. The number of hydrogen-bond donors (Lipinski definition) is 1. The van der Waals surface area contributed by atoms with Crippen molar-refractivity contribution in [3.8, 4) is 17.0 Å². The van der Waals surface area contributed by atoms with E-state index in [1.807, 2.05) is 24.4 Å². The Bertz CT molecular complexity index is 649. The van der Waals surface area contributed by atoms with Gasteiger partial charge in [0.2, 0.25) is 0 Å². The van der Waals surface area contributed by atoms with Gasteiger partial charge in [0.05, 0.1) is 16.4 Å². The molecule has 3 rings (SSSR count). The van der Waals surface area contributed by atoms with E-state index in [2.05, 4.69) is 17.2 Å². The van der Waals surface area contributed by atoms with Crippen molar-refractivity contribution in [3.05, 3.63) is 28.1 Å². The fourth-order valence-corrected chi connectivity index (χ4v) is 2.89. The van der Waals surface area contributed by atoms with Crippen LogP contribution in [0.4, 0.5) is 5.69 Å². The van der Waals surface area contributed by atoms with Crippen LogP contribution in [0, 0.1) is 6.92 Å². The summed E-state index contributed by atoms with van der Waals surface area (Å²) in [6, 6.07) is 3.97. The molecule has 0 saturated heterocycles. The monoisotopic (exact) mass is 274 g/mol. The van der Waals surface area contributed by atoms with Gasteiger partial charge in [-0.15, -0.1) is 11.3 Å². The number of fused-ring (bicyclic) bond motifs is 1. The SMILES string of the molecule is CCc1nc(-c2cc(C)c3c(c2)NC(=O)CO3)cs1. The Morgan fingerprint density at radius 1 is 1.47 bits per heavy atom. The molecule has 2 aromatic rings. The molecule has 1 N–H and O–H groups in total. The smallest absolute Gasteiger partial charge is 0.262 e. The number of thiazole rings is 1. The van der Waals surface area contributed by atoms with Gasteiger partial charge in [-0.1, -0.05) is 6.92 Å². The summed E-state index contributed by atoms with van der Waals surface area (Å²) in [5.74, 6) is 0.644. The highest BCUT2D eigenvalue weighted by Crippen LogP contribution is 2.36. The van der Waals surface area contributed by atoms with E-state index in [0.29, 0.717) is 0 Å². The van der Waals surface area contributed by atoms with Crippen LogP contribution in [0.5, 0.6) is 5.75 Å². The number of nitrogens with one attached hydrogen (secondary N) is 1. The van der Waals surface area contributed by atoms with Gasteiger partial charge in [-0.05, 0) is 31.0 Å². The number of amides is 1. The summed E-state index contributed by atoms with van der Waals surface area (Å²) in [6.07, 6.45) is 0.939. The second kappa shape index (κ2) is 4.66. The highest BCUT2D eigenvalue weighted by atomic mass is 32.1. The van der Waals surface area contributed by atoms with Crippen LogP contribution in [0.1, 0.15) is 17.5 Å². The van der Waals surface area contributed by atoms with Crippen LogP contribution >= 0.6 is 11.3 Å². The van der Waals surface area contributed by atoms with Gasteiger partial charge in [0.1, 0.15) is 5.75 Å². The highest BCUT2D eigenvalue weighted by Gasteiger charge is 2.19. The van der Waals surface area contributed by atoms with Crippen molar-refractivity contribution in [2.24, 2.45) is 0 Å². The van der Waals surface area contributed by atoms with Crippen LogP contribution in [0.2, 0.25) is 0 Å². The molecular formula is C14H14N2O2S. The second-order valence-corrected chi connectivity index (χ2v) is 5.43. The number of ether oxygens (including phenoxy) is 1. The van der Waals surface area contributed by atoms with Gasteiger partial charge in [0.25, 0.3) is 5.91 Å². The number of aryl methyl sites for hydroxylation is 2. The molecule has 19 heavy (non-hydrogen) atoms. The van der Waals surface area contributed by atoms with Gasteiger partial charge in [-0.2, -0.15) is 0 Å². The quantitative estimate of drug-likeness (QED) is 0.915. The van der Waals surface area contributed by atoms with Crippen molar-refractivity contribution in [2.75, 3.05) is 11.9 Å². The van der Waals surface area contributed by atoms with Gasteiger partial charge in [0, 0.05) is 10.9 Å². The first-order valence-corrected chi connectivity index (χ1v) is 7.07. The van der Waals surface area contributed by atoms with Crippen molar-refractivity contribution in [3.63, 3.8) is 0 Å². The van der Waals surface area contributed by atoms with E-state index in [-0.39, 0.29) is 12.5 Å². The van der Waals surface area contributed by atoms with Gasteiger partial charge in [-0.25, -0.2) is 4.98 Å². The summed E-state index contributed by atoms with van der Waals surface area (Å²) in [5.41, 5.74) is 3.71. The maximum Gasteiger partial charge on any atom is 0.262 e. The summed E-state index contributed by atoms with van der Waals surface area (Å²) in [7, 11) is 0. The minimum atomic E-state index is -0.114. The van der Waals surface area contributed by atoms with E-state index in [1.54, 1.807) is 11.3 Å². The van der Waals surface area contributed by atoms with E-state index in [9.17, 15) is 4.79 Å². The molecular weight excluding hydrogens is 260 g/mol. The standard InChI is InChI=1S/C14H14N2O2S/c1-3-13-16-11(7-19-13)9-4-8(2)14-10(5-9)15-12(17)6-18-14/h4-5,7H,3,6H2,1-2H3,(H,15,17). The molecule has 4 nitrogen and oxygen atoms in total. The average molecular weight is 274 g/mol. The van der Waals surface area contributed by atoms with Crippen LogP contribution in [0.3, 0.4) is 0 Å². The molecule has 0 spiro atoms. The lowest BCUT2D eigenvalue weighted by molar-refractivity contribution is -0.118. The molecule has 98 valence electrons. The minimum absolute atomic E-state index is 0.0872. The maximum atomic E-state index is 11.4. The largest absolute Gasteiger partial charge is 0.481 e. The number of benzene rings is 1. The Morgan fingerprint density at radius 2 is 2.32 bits per heavy atom. The molecule has 0 bridgehead atoms. The van der Waals surface area contributed by atoms with E-state index < -0.39 is 0 Å². The molecule has 0 atom stereocenters. The summed E-state index contributed by atoms with van der Waals surface area (Å²) in [5, 5.41) is 6.01. The first kappa shape index (κ1) is 12.2. The van der Waals surface area contributed by atoms with Crippen molar-refractivity contribution in [1.29, 1.82) is 0 Å². The molecule has 1 aliphatic heterocycles. The predicted molar refractivity (Wildman–Crippen MR) is 75.8 cm³/mol. The van der Waals surface area contributed by atoms with Crippen LogP contribution < -0.4 is 10.1 Å². The van der Waals surface area contributed by atoms with Gasteiger partial charge in [0.15, 0.2) is 6.61 Å². The van der Waals surface area contributed by atoms with Crippen LogP contribution in [0.15, 0.2) is 17.5 Å². The number of rotatable bonds is 2. The third-order valence-electron chi connectivity index (χ3n) is 3.05. The maximum absolute atomic E-state index is 11.4. The summed E-state index contributed by atoms with van der Waals surface area (Å²) < 4.78 is 5.45. The summed E-state index contributed by atoms with van der Waals surface area (Å²) in [4.78, 5) is 16.0. The van der Waals surface area contributed by atoms with Crippen LogP contribution in [0.25, 0.3) is 11.3 Å². The van der Waals surface area contributed by atoms with E-state index in [0.717, 1.165) is 39.7 Å². The van der Waals surface area contributed by atoms with Gasteiger partial charge in [-0.3, -0.25) is 4.79 Å². The molecule has 2 heterocycles. The van der Waals surface area contributed by atoms with Crippen LogP contribution in [-0.2, 0) is 11.2 Å². The summed E-state index contributed by atoms with van der Waals surface area (Å²) >= 11 is 1.66. The molecule has 0 fully saturated rings. The molecule has 1 aromatic heterocycles. The number of nitrogens with zero attached hydrogens (tertiary/aromatic N) is 1. The zero-order valence-corrected chi connectivity index (χ0v) is 11.6. The predicted octanol–water partition coefficient (Wildman–Crippen LogP) is 3.01. The molecule has 0 unspecified atom stereocenters. The number of carbonyl (C=O) groups excluding carboxylic acids is 1. The first-order chi connectivity index (χ1) is 9.17. The number of hydrogen-bond acceptors (Lipinski definition) is 4. The lowest BCUT2D eigenvalue weighted by Gasteiger charge is -2.20. The number of aromatic nitrogens is 1. The van der Waals surface area contributed by atoms with Crippen molar-refractivity contribution in [2.45, 2.75) is 20.3 Å². The van der Waals surface area contributed by atoms with Gasteiger partial charge < -0.3 is 10.1 Å². The molecule has 0 aliphatic carbocycles. The Labute approximate surface area is 115 Å². The number of carbonyl (C=O) groups is 1. The summed E-state index contributed by atoms with van der Waals surface area (Å²) in [6.45, 7) is 4.16. The lowest BCUT2D eigenvalue weighted by Crippen LogP contribution is -2.25. The zero-order chi connectivity index (χ0) is 13.4. The van der Waals surface area contributed by atoms with E-state index in [4.69, 9.17) is 4.74 Å². The topological polar surface area (TPSA) is 51.2 Å². The van der Waals surface area contributed by atoms with E-state index in [1.165, 1.54) is 0 Å². The molecule has 1 aromatic carbocycles. The number of anilines is 1. The normalized spacial score (nSPS) is 13.7. The highest BCUT2D eigenvalue weighted by molar-refractivity contribution is 7.09. The van der Waals surface area contributed by atoms with Crippen molar-refractivity contribution < 1.29 is 9.53 Å². The molecule has 1 aliphatic rings. The Morgan fingerprint density at radius 3 is 3.05 bits per heavy atom. The molecule has 0 saturated carbocycles. The lowest BCUT2D eigenvalue weighted by atomic mass is 10.1. The van der Waals surface area contributed by atoms with Crippen molar-refractivity contribution >= 4 is 22.9 Å². The first-order valence-electron chi connectivity index (χ1n) is 6.19. The van der Waals surface area contributed by atoms with E-state index >= 15 is 0 Å². The zero-order valence-electron chi connectivity index (χ0n) is 10.8. The molecule has 0 radical (unpaired) electrons. The minimum Gasteiger partial charge on any atom is -0.481 e. The van der Waals surface area contributed by atoms with Crippen molar-refractivity contribution in [1.82, 2.24) is 4.98 Å².